The molecule has 0 fully saturated rings. The normalized spacial score (nSPS) is 12.5. The Morgan fingerprint density at radius 2 is 1.47 bits per heavy atom. The summed E-state index contributed by atoms with van der Waals surface area (Å²) in [5.74, 6) is 0.535. The third-order valence-electron chi connectivity index (χ3n) is 3.29. The highest BCUT2D eigenvalue weighted by Gasteiger charge is 2.30. The summed E-state index contributed by atoms with van der Waals surface area (Å²) in [6.45, 7) is 12.6. The summed E-state index contributed by atoms with van der Waals surface area (Å²) in [6, 6.07) is 3.95. The van der Waals surface area contributed by atoms with E-state index in [4.69, 9.17) is 4.74 Å². The van der Waals surface area contributed by atoms with Crippen LogP contribution < -0.4 is 10.2 Å². The predicted octanol–water partition coefficient (Wildman–Crippen LogP) is 1.97. The maximum absolute atomic E-state index is 9.65. The average Bonchev–Trinajstić information content (AvgIpc) is 2.24. The molecule has 0 saturated carbocycles. The van der Waals surface area contributed by atoms with Gasteiger partial charge >= 0.3 is 7.12 Å². The van der Waals surface area contributed by atoms with Gasteiger partial charge in [0.1, 0.15) is 5.75 Å². The van der Waals surface area contributed by atoms with Crippen LogP contribution in [0, 0.1) is 0 Å². The van der Waals surface area contributed by atoms with Gasteiger partial charge in [0, 0.05) is 5.46 Å². The van der Waals surface area contributed by atoms with Gasteiger partial charge in [-0.1, -0.05) is 47.6 Å². The van der Waals surface area contributed by atoms with Crippen molar-refractivity contribution in [3.63, 3.8) is 0 Å². The number of hydrogen-bond donors (Lipinski definition) is 2. The van der Waals surface area contributed by atoms with Gasteiger partial charge in [0.05, 0.1) is 7.11 Å². The highest BCUT2D eigenvalue weighted by molar-refractivity contribution is 6.60. The van der Waals surface area contributed by atoms with Gasteiger partial charge in [0.2, 0.25) is 0 Å². The minimum Gasteiger partial charge on any atom is -0.497 e. The lowest BCUT2D eigenvalue weighted by atomic mass is 9.68. The molecule has 0 aliphatic heterocycles. The van der Waals surface area contributed by atoms with E-state index < -0.39 is 7.12 Å². The molecule has 1 aromatic rings. The molecule has 106 valence electrons. The topological polar surface area (TPSA) is 49.7 Å². The molecule has 0 unspecified atom stereocenters. The van der Waals surface area contributed by atoms with Gasteiger partial charge in [0.25, 0.3) is 0 Å². The highest BCUT2D eigenvalue weighted by atomic mass is 16.5. The third-order valence-corrected chi connectivity index (χ3v) is 3.29. The Labute approximate surface area is 116 Å². The third kappa shape index (κ3) is 3.51. The number of ether oxygens (including phenoxy) is 1. The van der Waals surface area contributed by atoms with E-state index in [9.17, 15) is 10.0 Å². The maximum atomic E-state index is 9.65. The van der Waals surface area contributed by atoms with E-state index in [0.717, 1.165) is 11.1 Å². The van der Waals surface area contributed by atoms with Crippen molar-refractivity contribution in [3.05, 3.63) is 23.3 Å². The van der Waals surface area contributed by atoms with Crippen LogP contribution in [0.1, 0.15) is 52.7 Å². The summed E-state index contributed by atoms with van der Waals surface area (Å²) in [7, 11) is 0.0262. The van der Waals surface area contributed by atoms with E-state index in [1.54, 1.807) is 7.11 Å². The summed E-state index contributed by atoms with van der Waals surface area (Å²) < 4.78 is 5.36. The van der Waals surface area contributed by atoms with Crippen LogP contribution in [0.2, 0.25) is 0 Å². The van der Waals surface area contributed by atoms with Crippen LogP contribution in [0.4, 0.5) is 0 Å². The van der Waals surface area contributed by atoms with Gasteiger partial charge in [0.15, 0.2) is 0 Å². The molecule has 0 radical (unpaired) electrons. The molecule has 1 rings (SSSR count). The van der Waals surface area contributed by atoms with Crippen LogP contribution in [-0.2, 0) is 10.8 Å². The molecule has 0 heterocycles. The molecule has 3 nitrogen and oxygen atoms in total. The number of hydrogen-bond acceptors (Lipinski definition) is 3. The molecule has 1 aromatic carbocycles. The quantitative estimate of drug-likeness (QED) is 0.803. The zero-order valence-electron chi connectivity index (χ0n) is 13.0. The first-order valence-corrected chi connectivity index (χ1v) is 6.57. The average molecular weight is 264 g/mol. The Hall–Kier alpha value is -0.995. The minimum absolute atomic E-state index is 0.0216. The van der Waals surface area contributed by atoms with Crippen molar-refractivity contribution in [1.82, 2.24) is 0 Å². The van der Waals surface area contributed by atoms with E-state index in [0.29, 0.717) is 11.2 Å². The lowest BCUT2D eigenvalue weighted by Crippen LogP contribution is -2.39. The molecule has 0 aromatic heterocycles. The van der Waals surface area contributed by atoms with Crippen LogP contribution in [0.5, 0.6) is 5.75 Å². The van der Waals surface area contributed by atoms with Gasteiger partial charge in [-0.2, -0.15) is 0 Å². The number of benzene rings is 1. The van der Waals surface area contributed by atoms with Gasteiger partial charge in [-0.15, -0.1) is 0 Å². The molecule has 2 N–H and O–H groups in total. The Bertz CT molecular complexity index is 454. The van der Waals surface area contributed by atoms with Crippen molar-refractivity contribution in [2.75, 3.05) is 7.11 Å². The van der Waals surface area contributed by atoms with Crippen molar-refractivity contribution in [2.45, 2.75) is 52.4 Å². The van der Waals surface area contributed by atoms with Crippen molar-refractivity contribution in [1.29, 1.82) is 0 Å². The fourth-order valence-electron chi connectivity index (χ4n) is 2.12. The largest absolute Gasteiger partial charge is 0.497 e. The molecule has 0 atom stereocenters. The molecule has 0 amide bonds. The Morgan fingerprint density at radius 1 is 0.947 bits per heavy atom. The Kier molecular flexibility index (Phi) is 4.38. The smallest absolute Gasteiger partial charge is 0.492 e. The first-order valence-electron chi connectivity index (χ1n) is 6.57. The monoisotopic (exact) mass is 264 g/mol. The molecule has 0 aliphatic carbocycles. The first kappa shape index (κ1) is 16.1. The van der Waals surface area contributed by atoms with Crippen LogP contribution in [-0.4, -0.2) is 24.3 Å². The molecule has 0 aliphatic rings. The second-order valence-electron chi connectivity index (χ2n) is 7.01. The van der Waals surface area contributed by atoms with Gasteiger partial charge in [-0.3, -0.25) is 0 Å². The molecule has 0 bridgehead atoms. The fraction of sp³-hybridized carbons (Fsp3) is 0.600. The zero-order valence-corrected chi connectivity index (χ0v) is 13.0. The number of methoxy groups -OCH3 is 1. The SMILES string of the molecule is COc1cc(C(C)(C)C)cc(C(C)(C)C)c1B(O)O. The van der Waals surface area contributed by atoms with Crippen molar-refractivity contribution in [3.8, 4) is 5.75 Å². The molecule has 4 heteroatoms. The molecular formula is C15H25BO3. The summed E-state index contributed by atoms with van der Waals surface area (Å²) in [6.07, 6.45) is 0. The van der Waals surface area contributed by atoms with Crippen LogP contribution in [0.3, 0.4) is 0 Å². The summed E-state index contributed by atoms with van der Waals surface area (Å²) in [5, 5.41) is 19.3. The second kappa shape index (κ2) is 5.18. The van der Waals surface area contributed by atoms with E-state index in [-0.39, 0.29) is 10.8 Å². The molecule has 0 saturated heterocycles. The summed E-state index contributed by atoms with van der Waals surface area (Å²) in [5.41, 5.74) is 2.29. The highest BCUT2D eigenvalue weighted by Crippen LogP contribution is 2.31. The predicted molar refractivity (Wildman–Crippen MR) is 80.2 cm³/mol. The van der Waals surface area contributed by atoms with Crippen LogP contribution in [0.25, 0.3) is 0 Å². The van der Waals surface area contributed by atoms with Crippen molar-refractivity contribution < 1.29 is 14.8 Å². The zero-order chi connectivity index (χ0) is 15.0. The summed E-state index contributed by atoms with van der Waals surface area (Å²) >= 11 is 0. The van der Waals surface area contributed by atoms with Gasteiger partial charge in [-0.05, 0) is 28.0 Å². The number of rotatable bonds is 2. The van der Waals surface area contributed by atoms with E-state index in [1.807, 2.05) is 6.07 Å². The Morgan fingerprint density at radius 3 is 1.79 bits per heavy atom. The van der Waals surface area contributed by atoms with Crippen LogP contribution in [0.15, 0.2) is 12.1 Å². The minimum atomic E-state index is -1.53. The standard InChI is InChI=1S/C15H25BO3/c1-14(2,3)10-8-11(15(4,5)6)13(16(17)18)12(9-10)19-7/h8-9,17-18H,1-7H3. The van der Waals surface area contributed by atoms with E-state index in [1.165, 1.54) is 0 Å². The molecule has 19 heavy (non-hydrogen) atoms. The molecule has 0 spiro atoms. The maximum Gasteiger partial charge on any atom is 0.492 e. The molecular weight excluding hydrogens is 239 g/mol. The lowest BCUT2D eigenvalue weighted by molar-refractivity contribution is 0.398. The van der Waals surface area contributed by atoms with Crippen molar-refractivity contribution >= 4 is 12.6 Å². The van der Waals surface area contributed by atoms with E-state index >= 15 is 0 Å². The van der Waals surface area contributed by atoms with E-state index in [2.05, 4.69) is 47.6 Å². The van der Waals surface area contributed by atoms with Crippen LogP contribution >= 0.6 is 0 Å². The lowest BCUT2D eigenvalue weighted by Gasteiger charge is -2.29. The van der Waals surface area contributed by atoms with Gasteiger partial charge in [-0.25, -0.2) is 0 Å². The second-order valence-corrected chi connectivity index (χ2v) is 7.01. The van der Waals surface area contributed by atoms with Gasteiger partial charge < -0.3 is 14.8 Å². The Balaban J connectivity index is 3.65. The van der Waals surface area contributed by atoms with Crippen molar-refractivity contribution in [2.24, 2.45) is 0 Å². The summed E-state index contributed by atoms with van der Waals surface area (Å²) in [4.78, 5) is 0. The first-order chi connectivity index (χ1) is 8.48. The fourth-order valence-corrected chi connectivity index (χ4v) is 2.12.